The molecule has 35 heavy (non-hydrogen) atoms. The minimum absolute atomic E-state index is 0.180. The molecule has 0 aliphatic carbocycles. The van der Waals surface area contributed by atoms with Crippen LogP contribution < -0.4 is 14.2 Å². The minimum Gasteiger partial charge on any atom is -0.497 e. The Labute approximate surface area is 202 Å². The number of aromatic nitrogens is 1. The fourth-order valence-corrected chi connectivity index (χ4v) is 3.96. The molecule has 0 amide bonds. The third-order valence-corrected chi connectivity index (χ3v) is 5.75. The normalized spacial score (nSPS) is 13.5. The van der Waals surface area contributed by atoms with Crippen LogP contribution in [-0.2, 0) is 23.2 Å². The number of methoxy groups -OCH3 is 1. The van der Waals surface area contributed by atoms with E-state index in [4.69, 9.17) is 18.9 Å². The van der Waals surface area contributed by atoms with Crippen LogP contribution in [0.2, 0.25) is 0 Å². The topological polar surface area (TPSA) is 76.0 Å². The van der Waals surface area contributed by atoms with Gasteiger partial charge in [-0.3, -0.25) is 4.79 Å². The molecule has 3 aromatic carbocycles. The van der Waals surface area contributed by atoms with Crippen molar-refractivity contribution in [3.63, 3.8) is 0 Å². The SMILES string of the molecule is COc1ccc2c(c1)c(/C=C1\Oc3cc(OCC(=O)OCc4ccccc4)ccc3C1=O)cn2C. The smallest absolute Gasteiger partial charge is 0.344 e. The summed E-state index contributed by atoms with van der Waals surface area (Å²) in [7, 11) is 3.56. The number of ether oxygens (including phenoxy) is 4. The third kappa shape index (κ3) is 4.61. The molecule has 2 heterocycles. The van der Waals surface area contributed by atoms with Gasteiger partial charge in [0.1, 0.15) is 23.9 Å². The van der Waals surface area contributed by atoms with Gasteiger partial charge >= 0.3 is 5.97 Å². The van der Waals surface area contributed by atoms with E-state index in [0.29, 0.717) is 17.1 Å². The number of fused-ring (bicyclic) bond motifs is 2. The number of hydrogen-bond acceptors (Lipinski definition) is 6. The monoisotopic (exact) mass is 469 g/mol. The predicted octanol–water partition coefficient (Wildman–Crippen LogP) is 4.93. The number of carbonyl (C=O) groups is 2. The van der Waals surface area contributed by atoms with Gasteiger partial charge in [-0.15, -0.1) is 0 Å². The van der Waals surface area contributed by atoms with Crippen LogP contribution in [0.4, 0.5) is 0 Å². The Morgan fingerprint density at radius 1 is 1.03 bits per heavy atom. The number of benzene rings is 3. The van der Waals surface area contributed by atoms with E-state index in [1.807, 2.05) is 66.3 Å². The quantitative estimate of drug-likeness (QED) is 0.282. The highest BCUT2D eigenvalue weighted by molar-refractivity contribution is 6.15. The first kappa shape index (κ1) is 22.3. The van der Waals surface area contributed by atoms with E-state index in [0.717, 1.165) is 27.8 Å². The van der Waals surface area contributed by atoms with Crippen molar-refractivity contribution < 1.29 is 28.5 Å². The number of carbonyl (C=O) groups excluding carboxylic acids is 2. The maximum atomic E-state index is 12.9. The van der Waals surface area contributed by atoms with Gasteiger partial charge in [0, 0.05) is 35.8 Å². The molecule has 0 fully saturated rings. The van der Waals surface area contributed by atoms with Crippen LogP contribution in [-0.4, -0.2) is 30.0 Å². The molecule has 0 saturated heterocycles. The lowest BCUT2D eigenvalue weighted by Gasteiger charge is -2.08. The maximum absolute atomic E-state index is 12.9. The zero-order valence-corrected chi connectivity index (χ0v) is 19.3. The number of allylic oxidation sites excluding steroid dienone is 1. The summed E-state index contributed by atoms with van der Waals surface area (Å²) in [5, 5.41) is 0.949. The lowest BCUT2D eigenvalue weighted by molar-refractivity contribution is -0.147. The molecule has 4 aromatic rings. The summed E-state index contributed by atoms with van der Waals surface area (Å²) in [5.41, 5.74) is 3.19. The van der Waals surface area contributed by atoms with E-state index >= 15 is 0 Å². The van der Waals surface area contributed by atoms with Crippen molar-refractivity contribution >= 4 is 28.7 Å². The highest BCUT2D eigenvalue weighted by Gasteiger charge is 2.28. The zero-order valence-electron chi connectivity index (χ0n) is 19.3. The molecule has 7 nitrogen and oxygen atoms in total. The molecule has 1 aliphatic heterocycles. The van der Waals surface area contributed by atoms with Crippen LogP contribution in [0.1, 0.15) is 21.5 Å². The average molecular weight is 469 g/mol. The van der Waals surface area contributed by atoms with Crippen LogP contribution >= 0.6 is 0 Å². The van der Waals surface area contributed by atoms with Crippen LogP contribution in [0, 0.1) is 0 Å². The van der Waals surface area contributed by atoms with Crippen molar-refractivity contribution in [1.29, 1.82) is 0 Å². The van der Waals surface area contributed by atoms with Gasteiger partial charge in [0.15, 0.2) is 12.4 Å². The lowest BCUT2D eigenvalue weighted by atomic mass is 10.1. The maximum Gasteiger partial charge on any atom is 0.344 e. The lowest BCUT2D eigenvalue weighted by Crippen LogP contribution is -2.14. The molecule has 0 atom stereocenters. The summed E-state index contributed by atoms with van der Waals surface area (Å²) in [6.45, 7) is -0.0703. The van der Waals surface area contributed by atoms with Crippen molar-refractivity contribution in [2.75, 3.05) is 13.7 Å². The van der Waals surface area contributed by atoms with Gasteiger partial charge in [0.2, 0.25) is 5.78 Å². The van der Waals surface area contributed by atoms with Crippen molar-refractivity contribution in [1.82, 2.24) is 4.57 Å². The summed E-state index contributed by atoms with van der Waals surface area (Å²) >= 11 is 0. The molecule has 176 valence electrons. The van der Waals surface area contributed by atoms with Gasteiger partial charge in [0.05, 0.1) is 12.7 Å². The molecule has 0 unspecified atom stereocenters. The zero-order chi connectivity index (χ0) is 24.4. The fourth-order valence-electron chi connectivity index (χ4n) is 3.96. The van der Waals surface area contributed by atoms with Crippen LogP contribution in [0.25, 0.3) is 17.0 Å². The van der Waals surface area contributed by atoms with Crippen molar-refractivity contribution in [3.8, 4) is 17.2 Å². The first-order valence-corrected chi connectivity index (χ1v) is 11.1. The fraction of sp³-hybridized carbons (Fsp3) is 0.143. The van der Waals surface area contributed by atoms with Gasteiger partial charge in [-0.2, -0.15) is 0 Å². The van der Waals surface area contributed by atoms with Gasteiger partial charge in [-0.05, 0) is 42.0 Å². The third-order valence-electron chi connectivity index (χ3n) is 5.75. The summed E-state index contributed by atoms with van der Waals surface area (Å²) in [6.07, 6.45) is 3.66. The Bertz CT molecular complexity index is 1450. The molecule has 0 spiro atoms. The van der Waals surface area contributed by atoms with Gasteiger partial charge in [-0.25, -0.2) is 4.79 Å². The van der Waals surface area contributed by atoms with Crippen molar-refractivity contribution in [3.05, 3.63) is 95.4 Å². The Morgan fingerprint density at radius 2 is 1.83 bits per heavy atom. The number of nitrogens with zero attached hydrogens (tertiary/aromatic N) is 1. The van der Waals surface area contributed by atoms with E-state index in [2.05, 4.69) is 0 Å². The Balaban J connectivity index is 1.28. The molecule has 0 bridgehead atoms. The summed E-state index contributed by atoms with van der Waals surface area (Å²) in [5.74, 6) is 1.04. The first-order valence-electron chi connectivity index (χ1n) is 11.1. The largest absolute Gasteiger partial charge is 0.497 e. The van der Waals surface area contributed by atoms with Crippen LogP contribution in [0.15, 0.2) is 78.7 Å². The molecular weight excluding hydrogens is 446 g/mol. The molecule has 1 aromatic heterocycles. The first-order chi connectivity index (χ1) is 17.0. The van der Waals surface area contributed by atoms with Crippen LogP contribution in [0.5, 0.6) is 17.2 Å². The number of Topliss-reactive ketones (excluding diaryl/α,β-unsaturated/α-hetero) is 1. The van der Waals surface area contributed by atoms with Crippen molar-refractivity contribution in [2.45, 2.75) is 6.61 Å². The Kier molecular flexibility index (Phi) is 5.97. The number of aryl methyl sites for hydroxylation is 1. The second-order valence-electron chi connectivity index (χ2n) is 8.11. The molecule has 0 saturated carbocycles. The molecular formula is C28H23NO6. The molecule has 7 heteroatoms. The molecule has 5 rings (SSSR count). The number of rotatable bonds is 7. The van der Waals surface area contributed by atoms with E-state index in [9.17, 15) is 9.59 Å². The second kappa shape index (κ2) is 9.38. The summed E-state index contributed by atoms with van der Waals surface area (Å²) in [6, 6.07) is 20.1. The van der Waals surface area contributed by atoms with Crippen molar-refractivity contribution in [2.24, 2.45) is 7.05 Å². The Morgan fingerprint density at radius 3 is 2.63 bits per heavy atom. The van der Waals surface area contributed by atoms with Gasteiger partial charge < -0.3 is 23.5 Å². The molecule has 0 radical (unpaired) electrons. The number of ketones is 1. The average Bonchev–Trinajstić information content (AvgIpc) is 3.37. The van der Waals surface area contributed by atoms with E-state index in [-0.39, 0.29) is 24.8 Å². The van der Waals surface area contributed by atoms with E-state index < -0.39 is 5.97 Å². The van der Waals surface area contributed by atoms with Gasteiger partial charge in [-0.1, -0.05) is 30.3 Å². The highest BCUT2D eigenvalue weighted by atomic mass is 16.6. The molecule has 1 aliphatic rings. The highest BCUT2D eigenvalue weighted by Crippen LogP contribution is 2.36. The van der Waals surface area contributed by atoms with E-state index in [1.165, 1.54) is 0 Å². The number of hydrogen-bond donors (Lipinski definition) is 0. The summed E-state index contributed by atoms with van der Waals surface area (Å²) in [4.78, 5) is 25.0. The van der Waals surface area contributed by atoms with Crippen LogP contribution in [0.3, 0.4) is 0 Å². The Hall–Kier alpha value is -4.52. The van der Waals surface area contributed by atoms with Gasteiger partial charge in [0.25, 0.3) is 0 Å². The van der Waals surface area contributed by atoms with E-state index in [1.54, 1.807) is 31.4 Å². The molecule has 0 N–H and O–H groups in total. The number of esters is 1. The standard InChI is InChI=1S/C28H23NO6/c1-29-15-19(23-13-20(32-2)9-11-24(23)29)12-26-28(31)22-10-8-21(14-25(22)35-26)33-17-27(30)34-16-18-6-4-3-5-7-18/h3-15H,16-17H2,1-2H3/b26-12-. The second-order valence-corrected chi connectivity index (χ2v) is 8.11. The predicted molar refractivity (Wildman–Crippen MR) is 131 cm³/mol. The minimum atomic E-state index is -0.488. The summed E-state index contributed by atoms with van der Waals surface area (Å²) < 4.78 is 24.0.